The molecule has 1 heterocycles. The molecule has 1 aromatic heterocycles. The Hall–Kier alpha value is -2.14. The van der Waals surface area contributed by atoms with Crippen molar-refractivity contribution in [3.63, 3.8) is 0 Å². The van der Waals surface area contributed by atoms with Crippen molar-refractivity contribution in [2.75, 3.05) is 7.11 Å². The average molecular weight is 274 g/mol. The highest BCUT2D eigenvalue weighted by molar-refractivity contribution is 7.80. The number of nitrogens with two attached hydrogens (primary N) is 1. The van der Waals surface area contributed by atoms with Crippen LogP contribution in [-0.2, 0) is 6.61 Å². The number of thiocarbonyl (C=S) groups is 1. The molecule has 2 aromatic rings. The Balaban J connectivity index is 2.01. The largest absolute Gasteiger partial charge is 0.497 e. The highest BCUT2D eigenvalue weighted by Gasteiger charge is 2.01. The second-order valence-electron chi connectivity index (χ2n) is 3.88. The number of nitrogens with zero attached hydrogens (tertiary/aromatic N) is 1. The summed E-state index contributed by atoms with van der Waals surface area (Å²) < 4.78 is 10.7. The highest BCUT2D eigenvalue weighted by Crippen LogP contribution is 2.18. The molecule has 1 aromatic carbocycles. The normalized spacial score (nSPS) is 9.95. The van der Waals surface area contributed by atoms with Crippen LogP contribution in [-0.4, -0.2) is 17.1 Å². The van der Waals surface area contributed by atoms with Gasteiger partial charge >= 0.3 is 0 Å². The standard InChI is InChI=1S/C14H14N2O2S/c1-17-11-2-4-12(5-3-11)18-9-10-6-7-16-13(8-10)14(15)19/h2-8H,9H2,1H3,(H2,15,19). The maximum absolute atomic E-state index is 5.66. The van der Waals surface area contributed by atoms with Crippen LogP contribution in [0.3, 0.4) is 0 Å². The van der Waals surface area contributed by atoms with E-state index in [0.717, 1.165) is 17.1 Å². The van der Waals surface area contributed by atoms with E-state index in [0.29, 0.717) is 12.3 Å². The van der Waals surface area contributed by atoms with Crippen LogP contribution in [0.25, 0.3) is 0 Å². The molecule has 0 bridgehead atoms. The van der Waals surface area contributed by atoms with Gasteiger partial charge in [0.15, 0.2) is 0 Å². The van der Waals surface area contributed by atoms with Crippen LogP contribution in [0.15, 0.2) is 42.6 Å². The topological polar surface area (TPSA) is 57.4 Å². The number of hydrogen-bond acceptors (Lipinski definition) is 4. The maximum Gasteiger partial charge on any atom is 0.122 e. The smallest absolute Gasteiger partial charge is 0.122 e. The molecule has 0 amide bonds. The second-order valence-corrected chi connectivity index (χ2v) is 4.32. The summed E-state index contributed by atoms with van der Waals surface area (Å²) in [5, 5.41) is 0. The summed E-state index contributed by atoms with van der Waals surface area (Å²) >= 11 is 4.89. The summed E-state index contributed by atoms with van der Waals surface area (Å²) in [6, 6.07) is 11.1. The van der Waals surface area contributed by atoms with Crippen LogP contribution < -0.4 is 15.2 Å². The van der Waals surface area contributed by atoms with Crippen molar-refractivity contribution in [1.29, 1.82) is 0 Å². The first-order valence-electron chi connectivity index (χ1n) is 5.70. The molecule has 0 aliphatic carbocycles. The number of aromatic nitrogens is 1. The van der Waals surface area contributed by atoms with Crippen molar-refractivity contribution >= 4 is 17.2 Å². The van der Waals surface area contributed by atoms with Gasteiger partial charge in [0.25, 0.3) is 0 Å². The van der Waals surface area contributed by atoms with Gasteiger partial charge < -0.3 is 15.2 Å². The maximum atomic E-state index is 5.66. The van der Waals surface area contributed by atoms with Crippen molar-refractivity contribution in [2.45, 2.75) is 6.61 Å². The van der Waals surface area contributed by atoms with E-state index in [9.17, 15) is 0 Å². The van der Waals surface area contributed by atoms with Crippen molar-refractivity contribution in [2.24, 2.45) is 5.73 Å². The predicted octanol–water partition coefficient (Wildman–Crippen LogP) is 2.30. The Labute approximate surface area is 117 Å². The zero-order valence-corrected chi connectivity index (χ0v) is 11.3. The van der Waals surface area contributed by atoms with Crippen molar-refractivity contribution in [3.05, 3.63) is 53.9 Å². The summed E-state index contributed by atoms with van der Waals surface area (Å²) in [5.74, 6) is 1.57. The molecule has 0 spiro atoms. The van der Waals surface area contributed by atoms with Crippen molar-refractivity contribution < 1.29 is 9.47 Å². The number of benzene rings is 1. The van der Waals surface area contributed by atoms with E-state index in [1.54, 1.807) is 13.3 Å². The Morgan fingerprint density at radius 3 is 2.53 bits per heavy atom. The van der Waals surface area contributed by atoms with Gasteiger partial charge in [-0.05, 0) is 42.0 Å². The molecule has 0 saturated heterocycles. The Kier molecular flexibility index (Phi) is 4.30. The van der Waals surface area contributed by atoms with E-state index in [1.807, 2.05) is 36.4 Å². The molecule has 0 saturated carbocycles. The fraction of sp³-hybridized carbons (Fsp3) is 0.143. The fourth-order valence-corrected chi connectivity index (χ4v) is 1.65. The molecule has 0 unspecified atom stereocenters. The van der Waals surface area contributed by atoms with E-state index < -0.39 is 0 Å². The SMILES string of the molecule is COc1ccc(OCc2ccnc(C(N)=S)c2)cc1. The molecule has 98 valence electrons. The molecule has 5 heteroatoms. The van der Waals surface area contributed by atoms with E-state index >= 15 is 0 Å². The molecular weight excluding hydrogens is 260 g/mol. The zero-order chi connectivity index (χ0) is 13.7. The van der Waals surface area contributed by atoms with Gasteiger partial charge in [-0.3, -0.25) is 4.98 Å². The lowest BCUT2D eigenvalue weighted by Crippen LogP contribution is -2.12. The van der Waals surface area contributed by atoms with Gasteiger partial charge in [-0.25, -0.2) is 0 Å². The van der Waals surface area contributed by atoms with Crippen LogP contribution >= 0.6 is 12.2 Å². The average Bonchev–Trinajstić information content (AvgIpc) is 2.46. The molecular formula is C14H14N2O2S. The Bertz CT molecular complexity index is 570. The lowest BCUT2D eigenvalue weighted by molar-refractivity contribution is 0.305. The lowest BCUT2D eigenvalue weighted by atomic mass is 10.2. The van der Waals surface area contributed by atoms with Crippen LogP contribution in [0.5, 0.6) is 11.5 Å². The summed E-state index contributed by atoms with van der Waals surface area (Å²) in [5.41, 5.74) is 7.11. The van der Waals surface area contributed by atoms with Gasteiger partial charge in [-0.1, -0.05) is 12.2 Å². The summed E-state index contributed by atoms with van der Waals surface area (Å²) in [6.45, 7) is 0.435. The molecule has 19 heavy (non-hydrogen) atoms. The Morgan fingerprint density at radius 1 is 1.21 bits per heavy atom. The van der Waals surface area contributed by atoms with Gasteiger partial charge in [-0.15, -0.1) is 0 Å². The molecule has 2 rings (SSSR count). The molecule has 2 N–H and O–H groups in total. The second kappa shape index (κ2) is 6.15. The third-order valence-corrected chi connectivity index (χ3v) is 2.75. The van der Waals surface area contributed by atoms with E-state index in [2.05, 4.69) is 4.98 Å². The minimum atomic E-state index is 0.284. The summed E-state index contributed by atoms with van der Waals surface area (Å²) in [7, 11) is 1.63. The summed E-state index contributed by atoms with van der Waals surface area (Å²) in [4.78, 5) is 4.36. The first kappa shape index (κ1) is 13.3. The first-order valence-corrected chi connectivity index (χ1v) is 6.11. The minimum Gasteiger partial charge on any atom is -0.497 e. The van der Waals surface area contributed by atoms with E-state index in [1.165, 1.54) is 0 Å². The predicted molar refractivity (Wildman–Crippen MR) is 77.5 cm³/mol. The van der Waals surface area contributed by atoms with Gasteiger partial charge in [0.2, 0.25) is 0 Å². The van der Waals surface area contributed by atoms with E-state index in [4.69, 9.17) is 27.4 Å². The van der Waals surface area contributed by atoms with Crippen molar-refractivity contribution in [3.8, 4) is 11.5 Å². The van der Waals surface area contributed by atoms with Crippen LogP contribution in [0.2, 0.25) is 0 Å². The monoisotopic (exact) mass is 274 g/mol. The molecule has 0 fully saturated rings. The number of ether oxygens (including phenoxy) is 2. The highest BCUT2D eigenvalue weighted by atomic mass is 32.1. The zero-order valence-electron chi connectivity index (χ0n) is 10.5. The minimum absolute atomic E-state index is 0.284. The number of methoxy groups -OCH3 is 1. The van der Waals surface area contributed by atoms with Crippen LogP contribution in [0.4, 0.5) is 0 Å². The molecule has 4 nitrogen and oxygen atoms in total. The third kappa shape index (κ3) is 3.66. The van der Waals surface area contributed by atoms with Gasteiger partial charge in [0.1, 0.15) is 23.1 Å². The van der Waals surface area contributed by atoms with Gasteiger partial charge in [0.05, 0.1) is 12.8 Å². The number of pyridine rings is 1. The molecule has 0 atom stereocenters. The fourth-order valence-electron chi connectivity index (χ4n) is 1.54. The van der Waals surface area contributed by atoms with Gasteiger partial charge in [-0.2, -0.15) is 0 Å². The van der Waals surface area contributed by atoms with Crippen LogP contribution in [0, 0.1) is 0 Å². The third-order valence-electron chi connectivity index (χ3n) is 2.54. The van der Waals surface area contributed by atoms with Crippen molar-refractivity contribution in [1.82, 2.24) is 4.98 Å². The Morgan fingerprint density at radius 2 is 1.89 bits per heavy atom. The number of hydrogen-bond donors (Lipinski definition) is 1. The molecule has 0 radical (unpaired) electrons. The van der Waals surface area contributed by atoms with E-state index in [-0.39, 0.29) is 4.99 Å². The lowest BCUT2D eigenvalue weighted by Gasteiger charge is -2.08. The number of rotatable bonds is 5. The summed E-state index contributed by atoms with van der Waals surface area (Å²) in [6.07, 6.45) is 1.67. The van der Waals surface area contributed by atoms with Gasteiger partial charge in [0, 0.05) is 6.20 Å². The first-order chi connectivity index (χ1) is 9.19. The molecule has 0 aliphatic rings. The quantitative estimate of drug-likeness (QED) is 0.848. The molecule has 0 aliphatic heterocycles. The van der Waals surface area contributed by atoms with Crippen LogP contribution in [0.1, 0.15) is 11.3 Å².